The Hall–Kier alpha value is -1.51. The fraction of sp³-hybridized carbons (Fsp3) is 0.500. The van der Waals surface area contributed by atoms with Crippen molar-refractivity contribution in [3.8, 4) is 5.75 Å². The van der Waals surface area contributed by atoms with Crippen molar-refractivity contribution in [3.63, 3.8) is 0 Å². The molecule has 1 saturated heterocycles. The maximum atomic E-state index is 11.4. The normalized spacial score (nSPS) is 20.5. The van der Waals surface area contributed by atoms with Gasteiger partial charge < -0.3 is 9.64 Å². The lowest BCUT2D eigenvalue weighted by Crippen LogP contribution is -2.41. The summed E-state index contributed by atoms with van der Waals surface area (Å²) in [5.74, 6) is 1.29. The SMILES string of the molecule is COc1ccc(N2CCC(=O)CC2C)cc1C. The van der Waals surface area contributed by atoms with E-state index in [0.29, 0.717) is 24.7 Å². The van der Waals surface area contributed by atoms with Crippen molar-refractivity contribution in [3.05, 3.63) is 23.8 Å². The van der Waals surface area contributed by atoms with Crippen LogP contribution in [-0.4, -0.2) is 25.5 Å². The van der Waals surface area contributed by atoms with Crippen molar-refractivity contribution >= 4 is 11.5 Å². The van der Waals surface area contributed by atoms with Crippen LogP contribution in [0.5, 0.6) is 5.75 Å². The van der Waals surface area contributed by atoms with Crippen LogP contribution in [0.4, 0.5) is 5.69 Å². The highest BCUT2D eigenvalue weighted by atomic mass is 16.5. The quantitative estimate of drug-likeness (QED) is 0.786. The van der Waals surface area contributed by atoms with E-state index < -0.39 is 0 Å². The Morgan fingerprint density at radius 2 is 2.18 bits per heavy atom. The van der Waals surface area contributed by atoms with Gasteiger partial charge in [-0.2, -0.15) is 0 Å². The van der Waals surface area contributed by atoms with E-state index in [1.807, 2.05) is 13.0 Å². The van der Waals surface area contributed by atoms with E-state index in [1.165, 1.54) is 5.69 Å². The topological polar surface area (TPSA) is 29.5 Å². The summed E-state index contributed by atoms with van der Waals surface area (Å²) in [6, 6.07) is 6.49. The molecule has 0 aromatic heterocycles. The fourth-order valence-corrected chi connectivity index (χ4v) is 2.43. The van der Waals surface area contributed by atoms with Gasteiger partial charge in [0.2, 0.25) is 0 Å². The second-order valence-corrected chi connectivity index (χ2v) is 4.69. The molecule has 1 aliphatic rings. The highest BCUT2D eigenvalue weighted by molar-refractivity contribution is 5.81. The van der Waals surface area contributed by atoms with Crippen LogP contribution in [0.25, 0.3) is 0 Å². The molecule has 0 amide bonds. The molecule has 0 N–H and O–H groups in total. The number of benzene rings is 1. The third-order valence-electron chi connectivity index (χ3n) is 3.40. The van der Waals surface area contributed by atoms with Crippen molar-refractivity contribution in [1.29, 1.82) is 0 Å². The molecular formula is C14H19NO2. The number of ketones is 1. The van der Waals surface area contributed by atoms with E-state index in [1.54, 1.807) is 7.11 Å². The largest absolute Gasteiger partial charge is 0.496 e. The van der Waals surface area contributed by atoms with Gasteiger partial charge in [0.15, 0.2) is 0 Å². The van der Waals surface area contributed by atoms with Crippen molar-refractivity contribution in [2.75, 3.05) is 18.6 Å². The smallest absolute Gasteiger partial charge is 0.136 e. The molecule has 1 aliphatic heterocycles. The third kappa shape index (κ3) is 2.43. The van der Waals surface area contributed by atoms with E-state index in [0.717, 1.165) is 17.9 Å². The highest BCUT2D eigenvalue weighted by Crippen LogP contribution is 2.28. The molecule has 0 radical (unpaired) electrons. The Balaban J connectivity index is 2.22. The Labute approximate surface area is 102 Å². The first-order valence-electron chi connectivity index (χ1n) is 6.05. The number of Topliss-reactive ketones (excluding diaryl/α,β-unsaturated/α-hetero) is 1. The highest BCUT2D eigenvalue weighted by Gasteiger charge is 2.23. The zero-order chi connectivity index (χ0) is 12.4. The van der Waals surface area contributed by atoms with Gasteiger partial charge in [-0.05, 0) is 37.6 Å². The molecule has 0 aliphatic carbocycles. The van der Waals surface area contributed by atoms with E-state index >= 15 is 0 Å². The lowest BCUT2D eigenvalue weighted by Gasteiger charge is -2.35. The van der Waals surface area contributed by atoms with Gasteiger partial charge in [0.1, 0.15) is 11.5 Å². The van der Waals surface area contributed by atoms with Crippen molar-refractivity contribution in [2.45, 2.75) is 32.7 Å². The first-order valence-corrected chi connectivity index (χ1v) is 6.05. The molecule has 1 fully saturated rings. The average Bonchev–Trinajstić information content (AvgIpc) is 2.29. The monoisotopic (exact) mass is 233 g/mol. The first kappa shape index (κ1) is 12.0. The molecule has 0 spiro atoms. The van der Waals surface area contributed by atoms with Crippen LogP contribution in [0.2, 0.25) is 0 Å². The summed E-state index contributed by atoms with van der Waals surface area (Å²) < 4.78 is 5.26. The molecule has 17 heavy (non-hydrogen) atoms. The summed E-state index contributed by atoms with van der Waals surface area (Å²) in [5, 5.41) is 0. The number of piperidine rings is 1. The maximum Gasteiger partial charge on any atom is 0.136 e. The van der Waals surface area contributed by atoms with Gasteiger partial charge in [-0.3, -0.25) is 4.79 Å². The second kappa shape index (κ2) is 4.78. The van der Waals surface area contributed by atoms with E-state index in [2.05, 4.69) is 24.0 Å². The Morgan fingerprint density at radius 1 is 1.41 bits per heavy atom. The molecular weight excluding hydrogens is 214 g/mol. The number of carbonyl (C=O) groups excluding carboxylic acids is 1. The van der Waals surface area contributed by atoms with Crippen LogP contribution < -0.4 is 9.64 Å². The summed E-state index contributed by atoms with van der Waals surface area (Å²) >= 11 is 0. The van der Waals surface area contributed by atoms with Gasteiger partial charge in [-0.1, -0.05) is 0 Å². The third-order valence-corrected chi connectivity index (χ3v) is 3.40. The van der Waals surface area contributed by atoms with Crippen LogP contribution in [-0.2, 0) is 4.79 Å². The maximum absolute atomic E-state index is 11.4. The van der Waals surface area contributed by atoms with Crippen LogP contribution in [0, 0.1) is 6.92 Å². The van der Waals surface area contributed by atoms with Gasteiger partial charge in [-0.25, -0.2) is 0 Å². The Bertz CT molecular complexity index is 428. The molecule has 92 valence electrons. The summed E-state index contributed by atoms with van der Waals surface area (Å²) in [4.78, 5) is 13.7. The van der Waals surface area contributed by atoms with Gasteiger partial charge in [0.05, 0.1) is 7.11 Å². The summed E-state index contributed by atoms with van der Waals surface area (Å²) in [6.45, 7) is 4.98. The molecule has 0 saturated carbocycles. The Kier molecular flexibility index (Phi) is 3.36. The predicted octanol–water partition coefficient (Wildman–Crippen LogP) is 2.56. The lowest BCUT2D eigenvalue weighted by atomic mass is 10.0. The van der Waals surface area contributed by atoms with Crippen molar-refractivity contribution < 1.29 is 9.53 Å². The van der Waals surface area contributed by atoms with Gasteiger partial charge >= 0.3 is 0 Å². The van der Waals surface area contributed by atoms with Crippen molar-refractivity contribution in [1.82, 2.24) is 0 Å². The van der Waals surface area contributed by atoms with Crippen LogP contribution in [0.3, 0.4) is 0 Å². The number of hydrogen-bond acceptors (Lipinski definition) is 3. The van der Waals surface area contributed by atoms with Crippen molar-refractivity contribution in [2.24, 2.45) is 0 Å². The number of methoxy groups -OCH3 is 1. The molecule has 3 nitrogen and oxygen atoms in total. The minimum Gasteiger partial charge on any atom is -0.496 e. The van der Waals surface area contributed by atoms with E-state index in [9.17, 15) is 4.79 Å². The number of aryl methyl sites for hydroxylation is 1. The number of ether oxygens (including phenoxy) is 1. The number of rotatable bonds is 2. The molecule has 1 unspecified atom stereocenters. The van der Waals surface area contributed by atoms with Gasteiger partial charge in [0, 0.05) is 31.1 Å². The fourth-order valence-electron chi connectivity index (χ4n) is 2.43. The minimum absolute atomic E-state index is 0.295. The minimum atomic E-state index is 0.295. The Morgan fingerprint density at radius 3 is 2.76 bits per heavy atom. The predicted molar refractivity (Wildman–Crippen MR) is 68.8 cm³/mol. The molecule has 2 rings (SSSR count). The number of carbonyl (C=O) groups is 1. The van der Waals surface area contributed by atoms with Gasteiger partial charge in [-0.15, -0.1) is 0 Å². The molecule has 0 bridgehead atoms. The first-order chi connectivity index (χ1) is 8.11. The lowest BCUT2D eigenvalue weighted by molar-refractivity contribution is -0.120. The number of anilines is 1. The van der Waals surface area contributed by atoms with Crippen LogP contribution in [0.1, 0.15) is 25.3 Å². The summed E-state index contributed by atoms with van der Waals surface area (Å²) in [5.41, 5.74) is 2.32. The molecule has 1 atom stereocenters. The molecule has 3 heteroatoms. The van der Waals surface area contributed by atoms with E-state index in [-0.39, 0.29) is 0 Å². The standard InChI is InChI=1S/C14H19NO2/c1-10-8-12(4-5-14(10)17-3)15-7-6-13(16)9-11(15)2/h4-5,8,11H,6-7,9H2,1-3H3. The van der Waals surface area contributed by atoms with Gasteiger partial charge in [0.25, 0.3) is 0 Å². The van der Waals surface area contributed by atoms with Crippen LogP contribution >= 0.6 is 0 Å². The molecule has 1 heterocycles. The molecule has 1 aromatic rings. The second-order valence-electron chi connectivity index (χ2n) is 4.69. The number of nitrogens with zero attached hydrogens (tertiary/aromatic N) is 1. The van der Waals surface area contributed by atoms with Crippen LogP contribution in [0.15, 0.2) is 18.2 Å². The number of hydrogen-bond donors (Lipinski definition) is 0. The van der Waals surface area contributed by atoms with E-state index in [4.69, 9.17) is 4.74 Å². The summed E-state index contributed by atoms with van der Waals surface area (Å²) in [6.07, 6.45) is 1.32. The summed E-state index contributed by atoms with van der Waals surface area (Å²) in [7, 11) is 1.68. The zero-order valence-corrected chi connectivity index (χ0v) is 10.7. The zero-order valence-electron chi connectivity index (χ0n) is 10.7. The average molecular weight is 233 g/mol. The molecule has 1 aromatic carbocycles.